The molecule has 1 aliphatic carbocycles. The molecule has 2 aromatic carbocycles. The van der Waals surface area contributed by atoms with Crippen LogP contribution in [0.25, 0.3) is 5.69 Å². The Labute approximate surface area is 158 Å². The molecule has 7 heteroatoms. The fourth-order valence-corrected chi connectivity index (χ4v) is 3.32. The van der Waals surface area contributed by atoms with Gasteiger partial charge in [-0.1, -0.05) is 23.3 Å². The number of hydrogen-bond acceptors (Lipinski definition) is 6. The van der Waals surface area contributed by atoms with Gasteiger partial charge in [0, 0.05) is 18.2 Å². The lowest BCUT2D eigenvalue weighted by atomic mass is 10.2. The van der Waals surface area contributed by atoms with E-state index < -0.39 is 0 Å². The van der Waals surface area contributed by atoms with Gasteiger partial charge in [-0.3, -0.25) is 0 Å². The van der Waals surface area contributed by atoms with Gasteiger partial charge < -0.3 is 14.8 Å². The highest BCUT2D eigenvalue weighted by Gasteiger charge is 2.19. The number of aromatic nitrogens is 4. The predicted octanol–water partition coefficient (Wildman–Crippen LogP) is 3.60. The van der Waals surface area contributed by atoms with Gasteiger partial charge in [0.05, 0.1) is 18.9 Å². The zero-order valence-corrected chi connectivity index (χ0v) is 15.3. The highest BCUT2D eigenvalue weighted by molar-refractivity contribution is 5.44. The number of rotatable bonds is 7. The molecule has 7 nitrogen and oxygen atoms in total. The Hall–Kier alpha value is -3.09. The van der Waals surface area contributed by atoms with Gasteiger partial charge in [0.25, 0.3) is 0 Å². The number of tetrazole rings is 1. The Morgan fingerprint density at radius 3 is 2.70 bits per heavy atom. The Balaban J connectivity index is 1.52. The number of nitrogens with one attached hydrogen (secondary N) is 1. The molecule has 4 rings (SSSR count). The summed E-state index contributed by atoms with van der Waals surface area (Å²) in [6.45, 7) is 0.555. The van der Waals surface area contributed by atoms with Crippen LogP contribution < -0.4 is 14.8 Å². The van der Waals surface area contributed by atoms with Crippen LogP contribution in [-0.4, -0.2) is 33.4 Å². The van der Waals surface area contributed by atoms with Crippen molar-refractivity contribution < 1.29 is 9.47 Å². The van der Waals surface area contributed by atoms with Crippen LogP contribution in [-0.2, 0) is 6.54 Å². The van der Waals surface area contributed by atoms with Crippen molar-refractivity contribution in [3.63, 3.8) is 0 Å². The summed E-state index contributed by atoms with van der Waals surface area (Å²) < 4.78 is 13.3. The molecule has 140 valence electrons. The van der Waals surface area contributed by atoms with E-state index in [1.807, 2.05) is 48.5 Å². The SMILES string of the molecule is COc1ccc(CNc2nnnn2-c2ccccc2)c(OC2CCCC2)c1. The third kappa shape index (κ3) is 4.02. The standard InChI is InChI=1S/C20H23N5O2/c1-26-18-12-11-15(19(13-18)27-17-9-5-6-10-17)14-21-20-22-23-24-25(20)16-7-3-2-4-8-16/h2-4,7-8,11-13,17H,5-6,9-10,14H2,1H3,(H,21,22,24). The fraction of sp³-hybridized carbons (Fsp3) is 0.350. The van der Waals surface area contributed by atoms with Crippen molar-refractivity contribution in [2.24, 2.45) is 0 Å². The van der Waals surface area contributed by atoms with Gasteiger partial charge >= 0.3 is 0 Å². The summed E-state index contributed by atoms with van der Waals surface area (Å²) in [5.74, 6) is 2.23. The highest BCUT2D eigenvalue weighted by Crippen LogP contribution is 2.30. The average Bonchev–Trinajstić information content (AvgIpc) is 3.39. The van der Waals surface area contributed by atoms with E-state index in [4.69, 9.17) is 9.47 Å². The number of nitrogens with zero attached hydrogens (tertiary/aromatic N) is 4. The van der Waals surface area contributed by atoms with Crippen molar-refractivity contribution in [3.8, 4) is 17.2 Å². The van der Waals surface area contributed by atoms with Gasteiger partial charge in [0.15, 0.2) is 0 Å². The summed E-state index contributed by atoms with van der Waals surface area (Å²) >= 11 is 0. The van der Waals surface area contributed by atoms with E-state index in [9.17, 15) is 0 Å². The Morgan fingerprint density at radius 1 is 1.11 bits per heavy atom. The molecule has 0 spiro atoms. The van der Waals surface area contributed by atoms with Crippen LogP contribution in [0, 0.1) is 0 Å². The van der Waals surface area contributed by atoms with Crippen molar-refractivity contribution >= 4 is 5.95 Å². The molecule has 3 aromatic rings. The van der Waals surface area contributed by atoms with Gasteiger partial charge in [0.2, 0.25) is 5.95 Å². The number of benzene rings is 2. The molecular weight excluding hydrogens is 342 g/mol. The topological polar surface area (TPSA) is 74.1 Å². The van der Waals surface area contributed by atoms with Crippen LogP contribution >= 0.6 is 0 Å². The first-order valence-corrected chi connectivity index (χ1v) is 9.25. The zero-order chi connectivity index (χ0) is 18.5. The van der Waals surface area contributed by atoms with Gasteiger partial charge in [-0.05, 0) is 60.4 Å². The van der Waals surface area contributed by atoms with E-state index in [2.05, 4.69) is 20.8 Å². The van der Waals surface area contributed by atoms with Crippen LogP contribution in [0.3, 0.4) is 0 Å². The first kappa shape index (κ1) is 17.3. The molecule has 0 bridgehead atoms. The largest absolute Gasteiger partial charge is 0.497 e. The van der Waals surface area contributed by atoms with Crippen LogP contribution in [0.5, 0.6) is 11.5 Å². The number of hydrogen-bond donors (Lipinski definition) is 1. The quantitative estimate of drug-likeness (QED) is 0.689. The molecule has 1 heterocycles. The molecule has 0 saturated heterocycles. The first-order valence-electron chi connectivity index (χ1n) is 9.25. The maximum Gasteiger partial charge on any atom is 0.248 e. The molecule has 27 heavy (non-hydrogen) atoms. The van der Waals surface area contributed by atoms with Gasteiger partial charge in [-0.25, -0.2) is 0 Å². The summed E-state index contributed by atoms with van der Waals surface area (Å²) in [5.41, 5.74) is 1.95. The third-order valence-corrected chi connectivity index (χ3v) is 4.78. The molecule has 1 aliphatic rings. The number of ether oxygens (including phenoxy) is 2. The van der Waals surface area contributed by atoms with Crippen LogP contribution in [0.1, 0.15) is 31.2 Å². The average molecular weight is 365 g/mol. The highest BCUT2D eigenvalue weighted by atomic mass is 16.5. The van der Waals surface area contributed by atoms with E-state index in [-0.39, 0.29) is 6.10 Å². The monoisotopic (exact) mass is 365 g/mol. The smallest absolute Gasteiger partial charge is 0.248 e. The van der Waals surface area contributed by atoms with E-state index in [0.717, 1.165) is 35.6 Å². The summed E-state index contributed by atoms with van der Waals surface area (Å²) in [7, 11) is 1.67. The van der Waals surface area contributed by atoms with Crippen molar-refractivity contribution in [1.29, 1.82) is 0 Å². The summed E-state index contributed by atoms with van der Waals surface area (Å²) in [6, 6.07) is 15.7. The molecule has 0 aliphatic heterocycles. The van der Waals surface area contributed by atoms with E-state index in [0.29, 0.717) is 12.5 Å². The third-order valence-electron chi connectivity index (χ3n) is 4.78. The molecule has 1 aromatic heterocycles. The van der Waals surface area contributed by atoms with Gasteiger partial charge in [-0.2, -0.15) is 4.68 Å². The van der Waals surface area contributed by atoms with Crippen molar-refractivity contribution in [2.75, 3.05) is 12.4 Å². The molecule has 0 amide bonds. The van der Waals surface area contributed by atoms with Crippen LogP contribution in [0.4, 0.5) is 5.95 Å². The van der Waals surface area contributed by atoms with Gasteiger partial charge in [0.1, 0.15) is 11.5 Å². The Morgan fingerprint density at radius 2 is 1.93 bits per heavy atom. The second-order valence-electron chi connectivity index (χ2n) is 6.60. The summed E-state index contributed by atoms with van der Waals surface area (Å²) in [6.07, 6.45) is 4.96. The van der Waals surface area contributed by atoms with E-state index in [1.165, 1.54) is 12.8 Å². The predicted molar refractivity (Wildman–Crippen MR) is 102 cm³/mol. The zero-order valence-electron chi connectivity index (χ0n) is 15.3. The van der Waals surface area contributed by atoms with E-state index >= 15 is 0 Å². The van der Waals surface area contributed by atoms with Crippen molar-refractivity contribution in [3.05, 3.63) is 54.1 Å². The first-order chi connectivity index (χ1) is 13.3. The molecule has 0 unspecified atom stereocenters. The maximum absolute atomic E-state index is 6.26. The van der Waals surface area contributed by atoms with Crippen LogP contribution in [0.2, 0.25) is 0 Å². The second-order valence-corrected chi connectivity index (χ2v) is 6.60. The minimum Gasteiger partial charge on any atom is -0.497 e. The van der Waals surface area contributed by atoms with E-state index in [1.54, 1.807) is 11.8 Å². The summed E-state index contributed by atoms with van der Waals surface area (Å²) in [4.78, 5) is 0. The van der Waals surface area contributed by atoms with Crippen molar-refractivity contribution in [2.45, 2.75) is 38.3 Å². The Bertz CT molecular complexity index is 875. The number of para-hydroxylation sites is 1. The fourth-order valence-electron chi connectivity index (χ4n) is 3.32. The minimum absolute atomic E-state index is 0.283. The lowest BCUT2D eigenvalue weighted by Crippen LogP contribution is -2.14. The lowest BCUT2D eigenvalue weighted by Gasteiger charge is -2.18. The van der Waals surface area contributed by atoms with Gasteiger partial charge in [-0.15, -0.1) is 0 Å². The molecular formula is C20H23N5O2. The number of anilines is 1. The number of methoxy groups -OCH3 is 1. The van der Waals surface area contributed by atoms with Crippen LogP contribution in [0.15, 0.2) is 48.5 Å². The van der Waals surface area contributed by atoms with Crippen molar-refractivity contribution in [1.82, 2.24) is 20.2 Å². The second kappa shape index (κ2) is 8.07. The normalized spacial score (nSPS) is 14.3. The Kier molecular flexibility index (Phi) is 5.18. The maximum atomic E-state index is 6.26. The lowest BCUT2D eigenvalue weighted by molar-refractivity contribution is 0.207. The molecule has 1 N–H and O–H groups in total. The molecule has 1 fully saturated rings. The molecule has 0 radical (unpaired) electrons. The molecule has 0 atom stereocenters. The minimum atomic E-state index is 0.283. The molecule has 1 saturated carbocycles. The summed E-state index contributed by atoms with van der Waals surface area (Å²) in [5, 5.41) is 15.3.